The predicted molar refractivity (Wildman–Crippen MR) is 104 cm³/mol. The molecule has 0 saturated carbocycles. The van der Waals surface area contributed by atoms with Crippen LogP contribution in [0.15, 0.2) is 0 Å². The van der Waals surface area contributed by atoms with Crippen molar-refractivity contribution in [1.82, 2.24) is 10.6 Å². The summed E-state index contributed by atoms with van der Waals surface area (Å²) in [5.41, 5.74) is 0. The topological polar surface area (TPSA) is 103 Å². The van der Waals surface area contributed by atoms with Crippen LogP contribution in [-0.2, 0) is 28.6 Å². The Labute approximate surface area is 160 Å². The Morgan fingerprint density at radius 2 is 1.62 bits per heavy atom. The van der Waals surface area contributed by atoms with Crippen LogP contribution in [0.25, 0.3) is 0 Å². The van der Waals surface area contributed by atoms with Gasteiger partial charge in [-0.05, 0) is 13.8 Å². The van der Waals surface area contributed by atoms with E-state index >= 15 is 0 Å². The number of hydrogen-bond acceptors (Lipinski definition) is 6. The lowest BCUT2D eigenvalue weighted by molar-refractivity contribution is -0.127. The maximum absolute atomic E-state index is 11.5. The summed E-state index contributed by atoms with van der Waals surface area (Å²) in [4.78, 5) is 34.0. The number of Topliss-reactive ketones (excluding diaryl/α,β-unsaturated/α-hetero) is 1. The van der Waals surface area contributed by atoms with Crippen LogP contribution in [0.5, 0.6) is 0 Å². The molecule has 0 bridgehead atoms. The largest absolute Gasteiger partial charge is 0.379 e. The Hall–Kier alpha value is -1.51. The molecule has 8 nitrogen and oxygen atoms in total. The Morgan fingerprint density at radius 1 is 0.923 bits per heavy atom. The van der Waals surface area contributed by atoms with Crippen LogP contribution in [0.3, 0.4) is 0 Å². The first-order valence-corrected chi connectivity index (χ1v) is 9.27. The van der Waals surface area contributed by atoms with Crippen molar-refractivity contribution in [3.05, 3.63) is 0 Å². The summed E-state index contributed by atoms with van der Waals surface area (Å²) in [6.45, 7) is 11.4. The highest BCUT2D eigenvalue weighted by molar-refractivity contribution is 5.84. The molecular weight excluding hydrogens is 340 g/mol. The Balaban J connectivity index is -0.000000695. The molecule has 2 N–H and O–H groups in total. The lowest BCUT2D eigenvalue weighted by atomic mass is 10.3. The molecule has 0 aromatic heterocycles. The zero-order valence-electron chi connectivity index (χ0n) is 16.9. The molecule has 0 heterocycles. The van der Waals surface area contributed by atoms with E-state index in [0.717, 1.165) is 0 Å². The van der Waals surface area contributed by atoms with E-state index < -0.39 is 0 Å². The molecule has 8 heteroatoms. The smallest absolute Gasteiger partial charge is 0.239 e. The number of amides is 2. The molecule has 0 aliphatic rings. The van der Waals surface area contributed by atoms with Crippen LogP contribution in [0, 0.1) is 0 Å². The van der Waals surface area contributed by atoms with E-state index in [9.17, 15) is 14.4 Å². The molecule has 0 aliphatic carbocycles. The first-order chi connectivity index (χ1) is 12.5. The van der Waals surface area contributed by atoms with Gasteiger partial charge < -0.3 is 24.8 Å². The molecule has 0 aromatic carbocycles. The predicted octanol–water partition coefficient (Wildman–Crippen LogP) is 1.56. The van der Waals surface area contributed by atoms with Gasteiger partial charge in [-0.25, -0.2) is 0 Å². The average molecular weight is 381 g/mol. The third-order valence-electron chi connectivity index (χ3n) is 2.82. The van der Waals surface area contributed by atoms with E-state index in [4.69, 9.17) is 14.2 Å². The molecule has 158 valence electrons. The van der Waals surface area contributed by atoms with Crippen LogP contribution < -0.4 is 10.6 Å². The highest BCUT2D eigenvalue weighted by Crippen LogP contribution is 1.89. The molecule has 0 rings (SSSR count). The number of carbonyl (C=O) groups is 3. The van der Waals surface area contributed by atoms with Crippen molar-refractivity contribution in [1.29, 1.82) is 0 Å². The van der Waals surface area contributed by atoms with Gasteiger partial charge in [-0.15, -0.1) is 0 Å². The summed E-state index contributed by atoms with van der Waals surface area (Å²) in [6, 6.07) is 0. The maximum atomic E-state index is 11.5. The second-order valence-electron chi connectivity index (χ2n) is 5.35. The minimum Gasteiger partial charge on any atom is -0.379 e. The molecule has 0 fully saturated rings. The van der Waals surface area contributed by atoms with Crippen LogP contribution in [0.1, 0.15) is 50.3 Å². The monoisotopic (exact) mass is 380 g/mol. The van der Waals surface area contributed by atoms with E-state index in [1.165, 1.54) is 0 Å². The number of rotatable bonds is 15. The number of ether oxygens (including phenoxy) is 3. The highest BCUT2D eigenvalue weighted by atomic mass is 16.5. The number of ketones is 1. The molecule has 0 radical (unpaired) electrons. The van der Waals surface area contributed by atoms with E-state index in [1.807, 2.05) is 27.7 Å². The quantitative estimate of drug-likeness (QED) is 0.418. The maximum Gasteiger partial charge on any atom is 0.239 e. The van der Waals surface area contributed by atoms with E-state index in [1.54, 1.807) is 6.92 Å². The fraction of sp³-hybridized carbons (Fsp3) is 0.833. The lowest BCUT2D eigenvalue weighted by Gasteiger charge is -2.09. The number of hydrogen-bond donors (Lipinski definition) is 2. The van der Waals surface area contributed by atoms with Crippen molar-refractivity contribution in [2.24, 2.45) is 0 Å². The second-order valence-corrected chi connectivity index (χ2v) is 5.35. The van der Waals surface area contributed by atoms with Gasteiger partial charge in [0.25, 0.3) is 0 Å². The summed E-state index contributed by atoms with van der Waals surface area (Å²) in [7, 11) is 0. The molecule has 26 heavy (non-hydrogen) atoms. The van der Waals surface area contributed by atoms with Crippen molar-refractivity contribution < 1.29 is 31.4 Å². The summed E-state index contributed by atoms with van der Waals surface area (Å²) >= 11 is 0. The first-order valence-electron chi connectivity index (χ1n) is 9.27. The van der Waals surface area contributed by atoms with Crippen LogP contribution in [0.2, 0.25) is 0 Å². The Morgan fingerprint density at radius 3 is 2.23 bits per heavy atom. The molecule has 0 aliphatic heterocycles. The minimum atomic E-state index is -0.306. The fourth-order valence-corrected chi connectivity index (χ4v) is 1.49. The normalized spacial score (nSPS) is 10.1. The molecule has 0 aromatic rings. The van der Waals surface area contributed by atoms with Gasteiger partial charge in [0.1, 0.15) is 6.61 Å². The summed E-state index contributed by atoms with van der Waals surface area (Å²) in [5.74, 6) is -0.536. The SMILES string of the molecule is CC.CCC(=O)COCCNC(=O)CNC(=O)CCOCCOC(C)C.[HH].[HH]. The van der Waals surface area contributed by atoms with Crippen molar-refractivity contribution in [2.75, 3.05) is 46.1 Å². The van der Waals surface area contributed by atoms with Gasteiger partial charge in [-0.1, -0.05) is 20.8 Å². The third kappa shape index (κ3) is 20.5. The zero-order chi connectivity index (χ0) is 20.2. The van der Waals surface area contributed by atoms with Crippen molar-refractivity contribution >= 4 is 17.6 Å². The molecule has 0 atom stereocenters. The highest BCUT2D eigenvalue weighted by Gasteiger charge is 2.05. The molecule has 2 amide bonds. The Kier molecular flexibility index (Phi) is 20.4. The zero-order valence-corrected chi connectivity index (χ0v) is 16.9. The van der Waals surface area contributed by atoms with E-state index in [0.29, 0.717) is 26.2 Å². The van der Waals surface area contributed by atoms with Gasteiger partial charge in [0.15, 0.2) is 5.78 Å². The minimum absolute atomic E-state index is 0. The first kappa shape index (κ1) is 26.7. The number of carbonyl (C=O) groups excluding carboxylic acids is 3. The van der Waals surface area contributed by atoms with E-state index in [-0.39, 0.29) is 59.3 Å². The molecule has 0 spiro atoms. The van der Waals surface area contributed by atoms with Gasteiger partial charge in [-0.2, -0.15) is 0 Å². The standard InChI is InChI=1S/C16H30N2O6.C2H6.2H2/c1-4-14(19)12-23-8-6-17-16(21)11-18-15(20)5-7-22-9-10-24-13(2)3;1-2;;/h13H,4-12H2,1-3H3,(H,17,21)(H,18,20);1-2H3;2*1H. The van der Waals surface area contributed by atoms with Crippen LogP contribution >= 0.6 is 0 Å². The van der Waals surface area contributed by atoms with Crippen molar-refractivity contribution in [2.45, 2.75) is 53.6 Å². The van der Waals surface area contributed by atoms with Gasteiger partial charge in [0.2, 0.25) is 11.8 Å². The average Bonchev–Trinajstić information content (AvgIpc) is 2.63. The summed E-state index contributed by atoms with van der Waals surface area (Å²) in [6.07, 6.45) is 0.789. The van der Waals surface area contributed by atoms with Crippen molar-refractivity contribution in [3.63, 3.8) is 0 Å². The number of nitrogens with one attached hydrogen (secondary N) is 2. The fourth-order valence-electron chi connectivity index (χ4n) is 1.49. The van der Waals surface area contributed by atoms with Gasteiger partial charge in [-0.3, -0.25) is 14.4 Å². The summed E-state index contributed by atoms with van der Waals surface area (Å²) < 4.78 is 15.6. The van der Waals surface area contributed by atoms with Crippen LogP contribution in [0.4, 0.5) is 0 Å². The molecular formula is C18H40N2O6. The Bertz CT molecular complexity index is 385. The molecule has 0 saturated heterocycles. The van der Waals surface area contributed by atoms with Gasteiger partial charge >= 0.3 is 0 Å². The van der Waals surface area contributed by atoms with Crippen LogP contribution in [-0.4, -0.2) is 69.8 Å². The van der Waals surface area contributed by atoms with Crippen molar-refractivity contribution in [3.8, 4) is 0 Å². The second kappa shape index (κ2) is 19.8. The lowest BCUT2D eigenvalue weighted by Crippen LogP contribution is -2.38. The third-order valence-corrected chi connectivity index (χ3v) is 2.82. The van der Waals surface area contributed by atoms with Gasteiger partial charge in [0.05, 0.1) is 39.1 Å². The summed E-state index contributed by atoms with van der Waals surface area (Å²) in [5, 5.41) is 5.09. The van der Waals surface area contributed by atoms with E-state index in [2.05, 4.69) is 10.6 Å². The van der Waals surface area contributed by atoms with Gasteiger partial charge in [0, 0.05) is 22.2 Å². The molecule has 0 unspecified atom stereocenters.